The predicted octanol–water partition coefficient (Wildman–Crippen LogP) is 4.68. The fraction of sp³-hybridized carbons (Fsp3) is 0.471. The van der Waals surface area contributed by atoms with Crippen LogP contribution in [0.2, 0.25) is 15.1 Å². The molecule has 1 aromatic rings. The van der Waals surface area contributed by atoms with Crippen molar-refractivity contribution in [2.24, 2.45) is 0 Å². The van der Waals surface area contributed by atoms with Crippen LogP contribution in [0.15, 0.2) is 11.8 Å². The Morgan fingerprint density at radius 3 is 2.46 bits per heavy atom. The lowest BCUT2D eigenvalue weighted by molar-refractivity contribution is -0.116. The number of methoxy groups -OCH3 is 1. The molecule has 0 radical (unpaired) electrons. The highest BCUT2D eigenvalue weighted by atomic mass is 35.5. The van der Waals surface area contributed by atoms with E-state index in [1.807, 2.05) is 0 Å². The molecule has 4 nitrogen and oxygen atoms in total. The maximum absolute atomic E-state index is 12.6. The van der Waals surface area contributed by atoms with Gasteiger partial charge in [0.25, 0.3) is 5.91 Å². The third-order valence-corrected chi connectivity index (χ3v) is 6.20. The Kier molecular flexibility index (Phi) is 4.77. The van der Waals surface area contributed by atoms with Gasteiger partial charge in [-0.25, -0.2) is 0 Å². The molecule has 2 aliphatic rings. The van der Waals surface area contributed by atoms with Gasteiger partial charge < -0.3 is 15.2 Å². The lowest BCUT2D eigenvalue weighted by atomic mass is 9.79. The number of amides is 1. The Morgan fingerprint density at radius 1 is 1.25 bits per heavy atom. The lowest BCUT2D eigenvalue weighted by Gasteiger charge is -2.36. The molecule has 1 spiro atoms. The predicted molar refractivity (Wildman–Crippen MR) is 95.9 cm³/mol. The summed E-state index contributed by atoms with van der Waals surface area (Å²) in [6, 6.07) is 1.54. The van der Waals surface area contributed by atoms with Crippen LogP contribution in [0.3, 0.4) is 0 Å². The van der Waals surface area contributed by atoms with Crippen molar-refractivity contribution >= 4 is 46.3 Å². The van der Waals surface area contributed by atoms with Gasteiger partial charge in [0.05, 0.1) is 27.3 Å². The van der Waals surface area contributed by atoms with E-state index in [0.29, 0.717) is 29.0 Å². The smallest absolute Gasteiger partial charge is 0.256 e. The van der Waals surface area contributed by atoms with Crippen LogP contribution in [0.1, 0.15) is 36.8 Å². The minimum absolute atomic E-state index is 0.00701. The van der Waals surface area contributed by atoms with Crippen LogP contribution in [0, 0.1) is 6.92 Å². The van der Waals surface area contributed by atoms with Gasteiger partial charge in [0.2, 0.25) is 0 Å². The van der Waals surface area contributed by atoms with Gasteiger partial charge in [0, 0.05) is 17.7 Å². The van der Waals surface area contributed by atoms with E-state index in [1.54, 1.807) is 20.1 Å². The Bertz CT molecular complexity index is 737. The normalized spacial score (nSPS) is 27.0. The van der Waals surface area contributed by atoms with E-state index in [0.717, 1.165) is 12.8 Å². The van der Waals surface area contributed by atoms with Crippen LogP contribution in [-0.2, 0) is 9.53 Å². The highest BCUT2D eigenvalue weighted by Gasteiger charge is 2.48. The highest BCUT2D eigenvalue weighted by molar-refractivity contribution is 6.44. The Labute approximate surface area is 155 Å². The molecule has 1 heterocycles. The topological polar surface area (TPSA) is 58.6 Å². The summed E-state index contributed by atoms with van der Waals surface area (Å²) in [5.74, 6) is -0.360. The van der Waals surface area contributed by atoms with E-state index in [9.17, 15) is 9.90 Å². The third-order valence-electron chi connectivity index (χ3n) is 5.04. The Morgan fingerprint density at radius 2 is 1.88 bits per heavy atom. The van der Waals surface area contributed by atoms with E-state index in [-0.39, 0.29) is 33.4 Å². The molecule has 130 valence electrons. The van der Waals surface area contributed by atoms with Crippen LogP contribution in [0.5, 0.6) is 0 Å². The number of hydrogen-bond donors (Lipinski definition) is 2. The van der Waals surface area contributed by atoms with E-state index in [2.05, 4.69) is 5.32 Å². The number of aliphatic hydroxyl groups is 1. The molecule has 0 aromatic heterocycles. The zero-order valence-corrected chi connectivity index (χ0v) is 15.6. The molecule has 3 rings (SSSR count). The summed E-state index contributed by atoms with van der Waals surface area (Å²) in [6.07, 6.45) is 2.88. The number of nitrogens with one attached hydrogen (secondary N) is 1. The van der Waals surface area contributed by atoms with E-state index in [4.69, 9.17) is 39.5 Å². The molecule has 0 saturated heterocycles. The second-order valence-corrected chi connectivity index (χ2v) is 7.54. The van der Waals surface area contributed by atoms with Gasteiger partial charge in [-0.2, -0.15) is 0 Å². The second kappa shape index (κ2) is 6.41. The summed E-state index contributed by atoms with van der Waals surface area (Å²) >= 11 is 18.7. The summed E-state index contributed by atoms with van der Waals surface area (Å²) in [4.78, 5) is 12.6. The summed E-state index contributed by atoms with van der Waals surface area (Å²) in [5, 5.41) is 14.7. The molecule has 0 bridgehead atoms. The van der Waals surface area contributed by atoms with Gasteiger partial charge in [-0.3, -0.25) is 4.79 Å². The average Bonchev–Trinajstić information content (AvgIpc) is 2.78. The number of hydrogen-bond acceptors (Lipinski definition) is 3. The molecule has 7 heteroatoms. The molecule has 1 saturated carbocycles. The number of ether oxygens (including phenoxy) is 1. The third kappa shape index (κ3) is 2.70. The fourth-order valence-electron chi connectivity index (χ4n) is 3.52. The van der Waals surface area contributed by atoms with Crippen molar-refractivity contribution in [2.45, 2.75) is 44.2 Å². The first-order valence-electron chi connectivity index (χ1n) is 7.74. The molecular weight excluding hydrogens is 373 g/mol. The number of rotatable bonds is 2. The van der Waals surface area contributed by atoms with Gasteiger partial charge in [-0.15, -0.1) is 0 Å². The van der Waals surface area contributed by atoms with Gasteiger partial charge in [-0.1, -0.05) is 34.8 Å². The van der Waals surface area contributed by atoms with Crippen molar-refractivity contribution in [3.63, 3.8) is 0 Å². The van der Waals surface area contributed by atoms with Crippen molar-refractivity contribution < 1.29 is 14.6 Å². The van der Waals surface area contributed by atoms with Crippen molar-refractivity contribution in [1.29, 1.82) is 0 Å². The molecule has 1 amide bonds. The molecule has 24 heavy (non-hydrogen) atoms. The number of carbonyl (C=O) groups is 1. The maximum Gasteiger partial charge on any atom is 0.256 e. The molecule has 1 aliphatic carbocycles. The summed E-state index contributed by atoms with van der Waals surface area (Å²) in [7, 11) is 1.67. The van der Waals surface area contributed by atoms with E-state index < -0.39 is 5.54 Å². The molecule has 1 aromatic carbocycles. The van der Waals surface area contributed by atoms with Crippen LogP contribution >= 0.6 is 34.8 Å². The van der Waals surface area contributed by atoms with Crippen molar-refractivity contribution in [3.8, 4) is 0 Å². The van der Waals surface area contributed by atoms with Crippen LogP contribution < -0.4 is 5.32 Å². The SMILES string of the molecule is COC1CCC2(CC1)NC(=O)C(c1c(Cl)cc(Cl)c(C)c1Cl)=C2O. The van der Waals surface area contributed by atoms with Crippen molar-refractivity contribution in [3.05, 3.63) is 38.0 Å². The van der Waals surface area contributed by atoms with Gasteiger partial charge >= 0.3 is 0 Å². The molecule has 2 N–H and O–H groups in total. The molecule has 0 atom stereocenters. The largest absolute Gasteiger partial charge is 0.509 e. The van der Waals surface area contributed by atoms with E-state index in [1.165, 1.54) is 0 Å². The van der Waals surface area contributed by atoms with E-state index >= 15 is 0 Å². The summed E-state index contributed by atoms with van der Waals surface area (Å²) in [6.45, 7) is 1.74. The second-order valence-electron chi connectivity index (χ2n) is 6.35. The number of aliphatic hydroxyl groups excluding tert-OH is 1. The number of benzene rings is 1. The number of halogens is 3. The zero-order valence-electron chi connectivity index (χ0n) is 13.4. The van der Waals surface area contributed by atoms with Gasteiger partial charge in [0.15, 0.2) is 0 Å². The Hall–Kier alpha value is -0.940. The van der Waals surface area contributed by atoms with Crippen LogP contribution in [-0.4, -0.2) is 29.8 Å². The fourth-order valence-corrected chi connectivity index (χ4v) is 4.47. The molecule has 1 fully saturated rings. The van der Waals surface area contributed by atoms with Gasteiger partial charge in [-0.05, 0) is 44.2 Å². The summed E-state index contributed by atoms with van der Waals surface area (Å²) in [5.41, 5.74) is 0.332. The first-order valence-corrected chi connectivity index (χ1v) is 8.87. The number of carbonyl (C=O) groups excluding carboxylic acids is 1. The molecule has 0 unspecified atom stereocenters. The minimum atomic E-state index is -0.762. The molecular formula is C17H18Cl3NO3. The average molecular weight is 391 g/mol. The quantitative estimate of drug-likeness (QED) is 0.770. The first kappa shape index (κ1) is 17.9. The van der Waals surface area contributed by atoms with Crippen molar-refractivity contribution in [2.75, 3.05) is 7.11 Å². The van der Waals surface area contributed by atoms with Crippen LogP contribution in [0.25, 0.3) is 5.57 Å². The standard InChI is InChI=1S/C17H18Cl3NO3/c1-8-10(18)7-11(19)12(14(8)20)13-15(22)17(21-16(13)23)5-3-9(24-2)4-6-17/h7,9,22H,3-6H2,1-2H3,(H,21,23). The van der Waals surface area contributed by atoms with Crippen molar-refractivity contribution in [1.82, 2.24) is 5.32 Å². The minimum Gasteiger partial charge on any atom is -0.509 e. The van der Waals surface area contributed by atoms with Crippen LogP contribution in [0.4, 0.5) is 0 Å². The zero-order chi connectivity index (χ0) is 17.6. The summed E-state index contributed by atoms with van der Waals surface area (Å²) < 4.78 is 5.37. The molecule has 1 aliphatic heterocycles. The highest BCUT2D eigenvalue weighted by Crippen LogP contribution is 2.46. The van der Waals surface area contributed by atoms with Gasteiger partial charge in [0.1, 0.15) is 5.76 Å². The first-order chi connectivity index (χ1) is 11.3. The maximum atomic E-state index is 12.6. The monoisotopic (exact) mass is 389 g/mol. The lowest BCUT2D eigenvalue weighted by Crippen LogP contribution is -2.48. The Balaban J connectivity index is 2.09.